The van der Waals surface area contributed by atoms with Crippen LogP contribution in [0.1, 0.15) is 29.4 Å². The summed E-state index contributed by atoms with van der Waals surface area (Å²) in [7, 11) is 0. The lowest BCUT2D eigenvalue weighted by Gasteiger charge is -2.09. The minimum Gasteiger partial charge on any atom is -0.406 e. The minimum absolute atomic E-state index is 0.280. The predicted octanol–water partition coefficient (Wildman–Crippen LogP) is 3.42. The SMILES string of the molecule is CCCn1nccc1C(=O)c1ccc(OC(F)(F)F)cc1. The van der Waals surface area contributed by atoms with Crippen molar-refractivity contribution in [1.29, 1.82) is 0 Å². The van der Waals surface area contributed by atoms with Crippen LogP contribution >= 0.6 is 0 Å². The number of rotatable bonds is 5. The third-order valence-corrected chi connectivity index (χ3v) is 2.73. The molecular formula is C14H13F3N2O2. The molecule has 0 bridgehead atoms. The maximum absolute atomic E-state index is 12.3. The molecule has 4 nitrogen and oxygen atoms in total. The number of alkyl halides is 3. The van der Waals surface area contributed by atoms with Gasteiger partial charge in [0.05, 0.1) is 0 Å². The third kappa shape index (κ3) is 3.84. The highest BCUT2D eigenvalue weighted by Crippen LogP contribution is 2.23. The van der Waals surface area contributed by atoms with Crippen LogP contribution in [0.15, 0.2) is 36.5 Å². The summed E-state index contributed by atoms with van der Waals surface area (Å²) in [6.07, 6.45) is -2.41. The highest BCUT2D eigenvalue weighted by atomic mass is 19.4. The Bertz CT molecular complexity index is 618. The van der Waals surface area contributed by atoms with Crippen LogP contribution in [0.4, 0.5) is 13.2 Å². The lowest BCUT2D eigenvalue weighted by Crippen LogP contribution is -2.17. The van der Waals surface area contributed by atoms with Gasteiger partial charge >= 0.3 is 6.36 Å². The molecule has 2 aromatic rings. The van der Waals surface area contributed by atoms with E-state index < -0.39 is 6.36 Å². The smallest absolute Gasteiger partial charge is 0.406 e. The van der Waals surface area contributed by atoms with Gasteiger partial charge in [0.2, 0.25) is 5.78 Å². The number of benzene rings is 1. The van der Waals surface area contributed by atoms with E-state index in [1.54, 1.807) is 10.7 Å². The standard InChI is InChI=1S/C14H13F3N2O2/c1-2-9-19-12(7-8-18-19)13(20)10-3-5-11(6-4-10)21-14(15,16)17/h3-8H,2,9H2,1H3. The zero-order chi connectivity index (χ0) is 15.5. The van der Waals surface area contributed by atoms with Crippen LogP contribution < -0.4 is 4.74 Å². The van der Waals surface area contributed by atoms with Crippen LogP contribution in [0.3, 0.4) is 0 Å². The Kier molecular flexibility index (Phi) is 4.30. The normalized spacial score (nSPS) is 11.4. The maximum atomic E-state index is 12.3. The molecule has 0 unspecified atom stereocenters. The number of nitrogens with zero attached hydrogens (tertiary/aromatic N) is 2. The van der Waals surface area contributed by atoms with Crippen molar-refractivity contribution >= 4 is 5.78 Å². The van der Waals surface area contributed by atoms with Gasteiger partial charge in [0.1, 0.15) is 11.4 Å². The number of aromatic nitrogens is 2. The van der Waals surface area contributed by atoms with Crippen molar-refractivity contribution < 1.29 is 22.7 Å². The maximum Gasteiger partial charge on any atom is 0.573 e. The Morgan fingerprint density at radius 3 is 2.48 bits per heavy atom. The van der Waals surface area contributed by atoms with Gasteiger partial charge in [-0.3, -0.25) is 9.48 Å². The van der Waals surface area contributed by atoms with Crippen molar-refractivity contribution in [2.45, 2.75) is 26.3 Å². The number of hydrogen-bond donors (Lipinski definition) is 0. The average Bonchev–Trinajstić information content (AvgIpc) is 2.86. The molecule has 0 aliphatic rings. The predicted molar refractivity (Wildman–Crippen MR) is 69.1 cm³/mol. The van der Waals surface area contributed by atoms with Gasteiger partial charge in [-0.2, -0.15) is 5.10 Å². The zero-order valence-corrected chi connectivity index (χ0v) is 11.2. The molecule has 0 radical (unpaired) electrons. The van der Waals surface area contributed by atoms with E-state index in [0.717, 1.165) is 18.6 Å². The molecule has 0 amide bonds. The molecule has 0 N–H and O–H groups in total. The van der Waals surface area contributed by atoms with Crippen molar-refractivity contribution in [3.8, 4) is 5.75 Å². The number of carbonyl (C=O) groups excluding carboxylic acids is 1. The van der Waals surface area contributed by atoms with Gasteiger partial charge in [0, 0.05) is 18.3 Å². The van der Waals surface area contributed by atoms with Crippen LogP contribution in [0.2, 0.25) is 0 Å². The second kappa shape index (κ2) is 5.99. The van der Waals surface area contributed by atoms with Crippen LogP contribution in [0, 0.1) is 0 Å². The summed E-state index contributed by atoms with van der Waals surface area (Å²) in [5, 5.41) is 4.04. The van der Waals surface area contributed by atoms with E-state index in [0.29, 0.717) is 12.2 Å². The molecule has 0 saturated carbocycles. The van der Waals surface area contributed by atoms with E-state index >= 15 is 0 Å². The molecule has 1 aromatic heterocycles. The average molecular weight is 298 g/mol. The molecule has 0 atom stereocenters. The summed E-state index contributed by atoms with van der Waals surface area (Å²) in [5.74, 6) is -0.652. The quantitative estimate of drug-likeness (QED) is 0.794. The van der Waals surface area contributed by atoms with Gasteiger partial charge < -0.3 is 4.74 Å². The van der Waals surface area contributed by atoms with Crippen molar-refractivity contribution in [3.05, 3.63) is 47.8 Å². The van der Waals surface area contributed by atoms with E-state index in [1.807, 2.05) is 6.92 Å². The van der Waals surface area contributed by atoms with E-state index in [-0.39, 0.29) is 17.1 Å². The number of hydrogen-bond acceptors (Lipinski definition) is 3. The molecule has 0 aliphatic heterocycles. The highest BCUT2D eigenvalue weighted by Gasteiger charge is 2.31. The first kappa shape index (κ1) is 15.1. The summed E-state index contributed by atoms with van der Waals surface area (Å²) in [6, 6.07) is 6.40. The molecule has 0 aliphatic carbocycles. The van der Waals surface area contributed by atoms with Gasteiger partial charge in [0.15, 0.2) is 0 Å². The molecule has 112 valence electrons. The molecule has 0 spiro atoms. The van der Waals surface area contributed by atoms with E-state index in [4.69, 9.17) is 0 Å². The Morgan fingerprint density at radius 2 is 1.90 bits per heavy atom. The Labute approximate surface area is 119 Å². The van der Waals surface area contributed by atoms with Crippen molar-refractivity contribution in [3.63, 3.8) is 0 Å². The largest absolute Gasteiger partial charge is 0.573 e. The molecule has 7 heteroatoms. The summed E-state index contributed by atoms with van der Waals surface area (Å²) in [4.78, 5) is 12.3. The first-order valence-electron chi connectivity index (χ1n) is 6.33. The second-order valence-corrected chi connectivity index (χ2v) is 4.34. The lowest BCUT2D eigenvalue weighted by atomic mass is 10.1. The molecule has 2 rings (SSSR count). The minimum atomic E-state index is -4.74. The number of ketones is 1. The molecule has 0 saturated heterocycles. The Balaban J connectivity index is 2.18. The number of halogens is 3. The Morgan fingerprint density at radius 1 is 1.24 bits per heavy atom. The van der Waals surface area contributed by atoms with E-state index in [1.165, 1.54) is 18.3 Å². The third-order valence-electron chi connectivity index (χ3n) is 2.73. The van der Waals surface area contributed by atoms with Crippen LogP contribution in [-0.4, -0.2) is 21.9 Å². The fourth-order valence-electron chi connectivity index (χ4n) is 1.87. The van der Waals surface area contributed by atoms with Crippen LogP contribution in [-0.2, 0) is 6.54 Å². The monoisotopic (exact) mass is 298 g/mol. The van der Waals surface area contributed by atoms with Gasteiger partial charge in [-0.15, -0.1) is 13.2 Å². The van der Waals surface area contributed by atoms with Crippen LogP contribution in [0.5, 0.6) is 5.75 Å². The molecular weight excluding hydrogens is 285 g/mol. The van der Waals surface area contributed by atoms with Crippen molar-refractivity contribution in [2.75, 3.05) is 0 Å². The molecule has 21 heavy (non-hydrogen) atoms. The number of ether oxygens (including phenoxy) is 1. The number of aryl methyl sites for hydroxylation is 1. The first-order valence-corrected chi connectivity index (χ1v) is 6.33. The van der Waals surface area contributed by atoms with Gasteiger partial charge in [-0.25, -0.2) is 0 Å². The topological polar surface area (TPSA) is 44.1 Å². The lowest BCUT2D eigenvalue weighted by molar-refractivity contribution is -0.274. The second-order valence-electron chi connectivity index (χ2n) is 4.34. The van der Waals surface area contributed by atoms with E-state index in [2.05, 4.69) is 9.84 Å². The van der Waals surface area contributed by atoms with Crippen molar-refractivity contribution in [2.24, 2.45) is 0 Å². The first-order chi connectivity index (χ1) is 9.90. The molecule has 1 heterocycles. The molecule has 0 fully saturated rings. The zero-order valence-electron chi connectivity index (χ0n) is 11.2. The Hall–Kier alpha value is -2.31. The van der Waals surface area contributed by atoms with Crippen molar-refractivity contribution in [1.82, 2.24) is 9.78 Å². The summed E-state index contributed by atoms with van der Waals surface area (Å²) in [6.45, 7) is 2.56. The fraction of sp³-hybridized carbons (Fsp3) is 0.286. The fourth-order valence-corrected chi connectivity index (χ4v) is 1.87. The van der Waals surface area contributed by atoms with Gasteiger partial charge in [0.25, 0.3) is 0 Å². The van der Waals surface area contributed by atoms with Crippen LogP contribution in [0.25, 0.3) is 0 Å². The summed E-state index contributed by atoms with van der Waals surface area (Å²) in [5.41, 5.74) is 0.684. The van der Waals surface area contributed by atoms with Gasteiger partial charge in [-0.1, -0.05) is 6.92 Å². The highest BCUT2D eigenvalue weighted by molar-refractivity contribution is 6.07. The van der Waals surface area contributed by atoms with Gasteiger partial charge in [-0.05, 0) is 36.8 Å². The summed E-state index contributed by atoms with van der Waals surface area (Å²) < 4.78 is 41.5. The number of carbonyl (C=O) groups is 1. The van der Waals surface area contributed by atoms with E-state index in [9.17, 15) is 18.0 Å². The summed E-state index contributed by atoms with van der Waals surface area (Å²) >= 11 is 0. The molecule has 1 aromatic carbocycles.